The quantitative estimate of drug-likeness (QED) is 0.691. The number of rotatable bonds is 5. The van der Waals surface area contributed by atoms with Gasteiger partial charge in [-0.3, -0.25) is 0 Å². The van der Waals surface area contributed by atoms with Crippen molar-refractivity contribution in [3.63, 3.8) is 0 Å². The van der Waals surface area contributed by atoms with E-state index in [1.807, 2.05) is 32.0 Å². The molecule has 0 bridgehead atoms. The Kier molecular flexibility index (Phi) is 4.73. The number of hydrogen-bond acceptors (Lipinski definition) is 4. The normalized spacial score (nSPS) is 14.6. The maximum absolute atomic E-state index is 9.20. The molecule has 4 heteroatoms. The largest absolute Gasteiger partial charge is 0.490 e. The van der Waals surface area contributed by atoms with Gasteiger partial charge in [-0.25, -0.2) is 0 Å². The third-order valence-corrected chi connectivity index (χ3v) is 2.30. The molecule has 0 heterocycles. The average Bonchev–Trinajstić information content (AvgIpc) is 2.26. The molecule has 1 aromatic rings. The summed E-state index contributed by atoms with van der Waals surface area (Å²) in [6.07, 6.45) is -0.859. The summed E-state index contributed by atoms with van der Waals surface area (Å²) in [6, 6.07) is 5.59. The molecule has 0 aromatic heterocycles. The zero-order valence-electron chi connectivity index (χ0n) is 9.68. The number of nitrogens with two attached hydrogens (primary N) is 1. The lowest BCUT2D eigenvalue weighted by Crippen LogP contribution is -2.22. The maximum atomic E-state index is 9.20. The van der Waals surface area contributed by atoms with Crippen molar-refractivity contribution in [3.05, 3.63) is 29.3 Å². The summed E-state index contributed by atoms with van der Waals surface area (Å²) in [5.74, 6) is 0.660. The summed E-state index contributed by atoms with van der Waals surface area (Å²) in [5.41, 5.74) is 7.85. The van der Waals surface area contributed by atoms with Crippen LogP contribution in [0, 0.1) is 6.92 Å². The van der Waals surface area contributed by atoms with Gasteiger partial charge in [0, 0.05) is 11.6 Å². The molecule has 0 radical (unpaired) electrons. The molecule has 0 aliphatic carbocycles. The van der Waals surface area contributed by atoms with Crippen molar-refractivity contribution in [3.8, 4) is 5.75 Å². The Morgan fingerprint density at radius 3 is 2.69 bits per heavy atom. The van der Waals surface area contributed by atoms with Crippen molar-refractivity contribution >= 4 is 0 Å². The first-order valence-electron chi connectivity index (χ1n) is 5.32. The highest BCUT2D eigenvalue weighted by atomic mass is 16.5. The Balaban J connectivity index is 2.78. The molecule has 4 N–H and O–H groups in total. The first-order valence-corrected chi connectivity index (χ1v) is 5.32. The first-order chi connectivity index (χ1) is 7.54. The molecule has 0 saturated heterocycles. The van der Waals surface area contributed by atoms with Crippen LogP contribution in [-0.2, 0) is 0 Å². The van der Waals surface area contributed by atoms with Gasteiger partial charge in [-0.2, -0.15) is 0 Å². The van der Waals surface area contributed by atoms with Crippen molar-refractivity contribution in [1.82, 2.24) is 0 Å². The first kappa shape index (κ1) is 13.0. The van der Waals surface area contributed by atoms with E-state index in [0.29, 0.717) is 5.75 Å². The predicted molar refractivity (Wildman–Crippen MR) is 62.4 cm³/mol. The van der Waals surface area contributed by atoms with Crippen LogP contribution in [0.3, 0.4) is 0 Å². The molecule has 0 fully saturated rings. The average molecular weight is 225 g/mol. The van der Waals surface area contributed by atoms with Crippen molar-refractivity contribution in [2.75, 3.05) is 13.2 Å². The Hall–Kier alpha value is -1.10. The van der Waals surface area contributed by atoms with E-state index in [9.17, 15) is 5.11 Å². The van der Waals surface area contributed by atoms with Crippen molar-refractivity contribution < 1.29 is 14.9 Å². The molecule has 16 heavy (non-hydrogen) atoms. The minimum Gasteiger partial charge on any atom is -0.490 e. The number of hydrogen-bond donors (Lipinski definition) is 3. The van der Waals surface area contributed by atoms with Crippen LogP contribution in [0.25, 0.3) is 0 Å². The summed E-state index contributed by atoms with van der Waals surface area (Å²) >= 11 is 0. The van der Waals surface area contributed by atoms with Gasteiger partial charge in [0.15, 0.2) is 0 Å². The van der Waals surface area contributed by atoms with Gasteiger partial charge in [0.2, 0.25) is 0 Å². The SMILES string of the molecule is Cc1ccc(OCC(O)CO)c([C@H](C)N)c1. The Morgan fingerprint density at radius 2 is 2.12 bits per heavy atom. The van der Waals surface area contributed by atoms with E-state index in [1.54, 1.807) is 0 Å². The number of aliphatic hydroxyl groups is 2. The van der Waals surface area contributed by atoms with Gasteiger partial charge >= 0.3 is 0 Å². The summed E-state index contributed by atoms with van der Waals surface area (Å²) in [4.78, 5) is 0. The fraction of sp³-hybridized carbons (Fsp3) is 0.500. The van der Waals surface area contributed by atoms with Crippen LogP contribution in [-0.4, -0.2) is 29.5 Å². The van der Waals surface area contributed by atoms with Crippen LogP contribution >= 0.6 is 0 Å². The highest BCUT2D eigenvalue weighted by Crippen LogP contribution is 2.25. The third kappa shape index (κ3) is 3.48. The summed E-state index contributed by atoms with van der Waals surface area (Å²) in [5, 5.41) is 17.9. The molecule has 90 valence electrons. The molecule has 1 aromatic carbocycles. The van der Waals surface area contributed by atoms with Gasteiger partial charge < -0.3 is 20.7 Å². The van der Waals surface area contributed by atoms with E-state index in [0.717, 1.165) is 11.1 Å². The minimum atomic E-state index is -0.859. The Morgan fingerprint density at radius 1 is 1.44 bits per heavy atom. The molecular weight excluding hydrogens is 206 g/mol. The highest BCUT2D eigenvalue weighted by Gasteiger charge is 2.10. The molecule has 0 aliphatic rings. The van der Waals surface area contributed by atoms with Crippen LogP contribution < -0.4 is 10.5 Å². The number of aliphatic hydroxyl groups excluding tert-OH is 2. The maximum Gasteiger partial charge on any atom is 0.124 e. The van der Waals surface area contributed by atoms with E-state index < -0.39 is 6.10 Å². The van der Waals surface area contributed by atoms with E-state index in [2.05, 4.69) is 0 Å². The van der Waals surface area contributed by atoms with Gasteiger partial charge in [0.25, 0.3) is 0 Å². The topological polar surface area (TPSA) is 75.7 Å². The lowest BCUT2D eigenvalue weighted by atomic mass is 10.1. The van der Waals surface area contributed by atoms with Crippen LogP contribution in [0.4, 0.5) is 0 Å². The second-order valence-corrected chi connectivity index (χ2v) is 3.98. The highest BCUT2D eigenvalue weighted by molar-refractivity contribution is 5.38. The molecule has 0 spiro atoms. The molecule has 0 saturated carbocycles. The number of aryl methyl sites for hydroxylation is 1. The molecule has 1 unspecified atom stereocenters. The van der Waals surface area contributed by atoms with E-state index in [4.69, 9.17) is 15.6 Å². The van der Waals surface area contributed by atoms with Crippen molar-refractivity contribution in [1.29, 1.82) is 0 Å². The summed E-state index contributed by atoms with van der Waals surface area (Å²) in [7, 11) is 0. The zero-order chi connectivity index (χ0) is 12.1. The Labute approximate surface area is 95.7 Å². The molecule has 2 atom stereocenters. The van der Waals surface area contributed by atoms with Crippen LogP contribution in [0.1, 0.15) is 24.1 Å². The summed E-state index contributed by atoms with van der Waals surface area (Å²) in [6.45, 7) is 3.63. The van der Waals surface area contributed by atoms with E-state index in [1.165, 1.54) is 0 Å². The van der Waals surface area contributed by atoms with Crippen LogP contribution in [0.5, 0.6) is 5.75 Å². The lowest BCUT2D eigenvalue weighted by Gasteiger charge is -2.16. The number of benzene rings is 1. The van der Waals surface area contributed by atoms with Crippen LogP contribution in [0.2, 0.25) is 0 Å². The smallest absolute Gasteiger partial charge is 0.124 e. The zero-order valence-corrected chi connectivity index (χ0v) is 9.68. The van der Waals surface area contributed by atoms with E-state index in [-0.39, 0.29) is 19.3 Å². The van der Waals surface area contributed by atoms with Crippen molar-refractivity contribution in [2.45, 2.75) is 26.0 Å². The Bertz CT molecular complexity index is 339. The summed E-state index contributed by atoms with van der Waals surface area (Å²) < 4.78 is 5.42. The standard InChI is InChI=1S/C12H19NO3/c1-8-3-4-12(11(5-8)9(2)13)16-7-10(15)6-14/h3-5,9-10,14-15H,6-7,13H2,1-2H3/t9-,10?/m0/s1. The van der Waals surface area contributed by atoms with Gasteiger partial charge in [0.05, 0.1) is 6.61 Å². The fourth-order valence-electron chi connectivity index (χ4n) is 1.39. The molecule has 4 nitrogen and oxygen atoms in total. The van der Waals surface area contributed by atoms with Gasteiger partial charge in [-0.1, -0.05) is 17.7 Å². The number of ether oxygens (including phenoxy) is 1. The van der Waals surface area contributed by atoms with E-state index >= 15 is 0 Å². The molecule has 0 amide bonds. The van der Waals surface area contributed by atoms with Gasteiger partial charge in [0.1, 0.15) is 18.5 Å². The van der Waals surface area contributed by atoms with Gasteiger partial charge in [-0.15, -0.1) is 0 Å². The second-order valence-electron chi connectivity index (χ2n) is 3.98. The lowest BCUT2D eigenvalue weighted by molar-refractivity contribution is 0.0532. The van der Waals surface area contributed by atoms with Crippen molar-refractivity contribution in [2.24, 2.45) is 5.73 Å². The predicted octanol–water partition coefficient (Wildman–Crippen LogP) is 0.747. The monoisotopic (exact) mass is 225 g/mol. The molecule has 0 aliphatic heterocycles. The fourth-order valence-corrected chi connectivity index (χ4v) is 1.39. The van der Waals surface area contributed by atoms with Crippen LogP contribution in [0.15, 0.2) is 18.2 Å². The molecular formula is C12H19NO3. The minimum absolute atomic E-state index is 0.0687. The molecule has 1 rings (SSSR count). The van der Waals surface area contributed by atoms with Gasteiger partial charge in [-0.05, 0) is 19.9 Å². The second kappa shape index (κ2) is 5.84. The third-order valence-electron chi connectivity index (χ3n) is 2.30.